The lowest BCUT2D eigenvalue weighted by Crippen LogP contribution is -2.19. The largest absolute Gasteiger partial charge is 0.359 e. The lowest BCUT2D eigenvalue weighted by atomic mass is 10.4. The van der Waals surface area contributed by atoms with Crippen LogP contribution in [0.2, 0.25) is 0 Å². The molecule has 1 rings (SSSR count). The highest BCUT2D eigenvalue weighted by atomic mass is 15.2. The second-order valence-electron chi connectivity index (χ2n) is 2.85. The zero-order valence-electron chi connectivity index (χ0n) is 7.86. The van der Waals surface area contributed by atoms with Gasteiger partial charge in [0.2, 0.25) is 0 Å². The molecule has 0 saturated heterocycles. The molecule has 4 nitrogen and oxygen atoms in total. The van der Waals surface area contributed by atoms with Crippen LogP contribution in [0.5, 0.6) is 0 Å². The second kappa shape index (κ2) is 4.41. The number of aryl methyl sites for hydroxylation is 1. The van der Waals surface area contributed by atoms with Gasteiger partial charge in [-0.3, -0.25) is 0 Å². The van der Waals surface area contributed by atoms with Crippen molar-refractivity contribution < 1.29 is 0 Å². The molecule has 1 aromatic rings. The lowest BCUT2D eigenvalue weighted by molar-refractivity contribution is 0.875. The van der Waals surface area contributed by atoms with Crippen molar-refractivity contribution in [3.05, 3.63) is 18.1 Å². The summed E-state index contributed by atoms with van der Waals surface area (Å²) in [6.45, 7) is 2.62. The minimum atomic E-state index is 0.513. The zero-order valence-corrected chi connectivity index (χ0v) is 7.86. The molecule has 68 valence electrons. The highest BCUT2D eigenvalue weighted by Crippen LogP contribution is 2.07. The summed E-state index contributed by atoms with van der Waals surface area (Å²) >= 11 is 0. The van der Waals surface area contributed by atoms with Gasteiger partial charge in [0, 0.05) is 25.4 Å². The van der Waals surface area contributed by atoms with Crippen molar-refractivity contribution in [3.8, 4) is 6.07 Å². The maximum Gasteiger partial charge on any atom is 0.131 e. The van der Waals surface area contributed by atoms with Gasteiger partial charge in [0.15, 0.2) is 0 Å². The van der Waals surface area contributed by atoms with Crippen molar-refractivity contribution in [1.29, 1.82) is 5.26 Å². The molecule has 0 aromatic carbocycles. The molecule has 0 aliphatic carbocycles. The maximum atomic E-state index is 8.41. The number of nitrogens with zero attached hydrogens (tertiary/aromatic N) is 4. The fourth-order valence-electron chi connectivity index (χ4n) is 0.981. The first kappa shape index (κ1) is 9.46. The minimum Gasteiger partial charge on any atom is -0.359 e. The Morgan fingerprint density at radius 3 is 2.92 bits per heavy atom. The number of rotatable bonds is 3. The van der Waals surface area contributed by atoms with Gasteiger partial charge < -0.3 is 4.90 Å². The Balaban J connectivity index is 2.66. The third-order valence-electron chi connectivity index (χ3n) is 1.74. The molecule has 0 radical (unpaired) electrons. The monoisotopic (exact) mass is 176 g/mol. The Bertz CT molecular complexity index is 316. The van der Waals surface area contributed by atoms with Crippen LogP contribution in [-0.2, 0) is 0 Å². The first-order valence-corrected chi connectivity index (χ1v) is 4.11. The molecule has 0 N–H and O–H groups in total. The summed E-state index contributed by atoms with van der Waals surface area (Å²) in [5.74, 6) is 0.864. The molecule has 0 spiro atoms. The quantitative estimate of drug-likeness (QED) is 0.692. The zero-order chi connectivity index (χ0) is 9.68. The van der Waals surface area contributed by atoms with E-state index in [-0.39, 0.29) is 0 Å². The molecule has 0 saturated carbocycles. The van der Waals surface area contributed by atoms with E-state index >= 15 is 0 Å². The lowest BCUT2D eigenvalue weighted by Gasteiger charge is -2.15. The summed E-state index contributed by atoms with van der Waals surface area (Å²) in [5.41, 5.74) is 0.939. The third-order valence-corrected chi connectivity index (χ3v) is 1.74. The molecule has 0 atom stereocenters. The van der Waals surface area contributed by atoms with E-state index in [9.17, 15) is 0 Å². The highest BCUT2D eigenvalue weighted by Gasteiger charge is 2.01. The van der Waals surface area contributed by atoms with Gasteiger partial charge in [-0.2, -0.15) is 5.26 Å². The van der Waals surface area contributed by atoms with Crippen LogP contribution in [0.15, 0.2) is 12.4 Å². The van der Waals surface area contributed by atoms with Crippen molar-refractivity contribution in [3.63, 3.8) is 0 Å². The van der Waals surface area contributed by atoms with Crippen LogP contribution in [0.4, 0.5) is 5.82 Å². The third kappa shape index (κ3) is 2.71. The molecule has 1 heterocycles. The number of anilines is 1. The van der Waals surface area contributed by atoms with Gasteiger partial charge in [0.1, 0.15) is 12.1 Å². The van der Waals surface area contributed by atoms with Gasteiger partial charge in [-0.1, -0.05) is 0 Å². The second-order valence-corrected chi connectivity index (χ2v) is 2.85. The summed E-state index contributed by atoms with van der Waals surface area (Å²) in [6.07, 6.45) is 2.05. The fraction of sp³-hybridized carbons (Fsp3) is 0.444. The van der Waals surface area contributed by atoms with Gasteiger partial charge in [-0.25, -0.2) is 9.97 Å². The molecule has 13 heavy (non-hydrogen) atoms. The van der Waals surface area contributed by atoms with Crippen LogP contribution in [0.3, 0.4) is 0 Å². The van der Waals surface area contributed by atoms with Crippen LogP contribution in [-0.4, -0.2) is 23.6 Å². The van der Waals surface area contributed by atoms with E-state index in [1.807, 2.05) is 24.9 Å². The van der Waals surface area contributed by atoms with Gasteiger partial charge in [0.05, 0.1) is 12.5 Å². The van der Waals surface area contributed by atoms with E-state index in [4.69, 9.17) is 5.26 Å². The topological polar surface area (TPSA) is 52.8 Å². The van der Waals surface area contributed by atoms with E-state index in [0.29, 0.717) is 13.0 Å². The molecule has 0 fully saturated rings. The molecule has 4 heteroatoms. The smallest absolute Gasteiger partial charge is 0.131 e. The van der Waals surface area contributed by atoms with Gasteiger partial charge >= 0.3 is 0 Å². The molecule has 0 unspecified atom stereocenters. The summed E-state index contributed by atoms with van der Waals surface area (Å²) in [4.78, 5) is 10.0. The van der Waals surface area contributed by atoms with Crippen LogP contribution in [0.25, 0.3) is 0 Å². The molecule has 0 bridgehead atoms. The first-order chi connectivity index (χ1) is 6.24. The van der Waals surface area contributed by atoms with Crippen LogP contribution >= 0.6 is 0 Å². The average Bonchev–Trinajstić information content (AvgIpc) is 2.14. The van der Waals surface area contributed by atoms with Crippen molar-refractivity contribution >= 4 is 5.82 Å². The number of hydrogen-bond acceptors (Lipinski definition) is 4. The minimum absolute atomic E-state index is 0.513. The fourth-order valence-corrected chi connectivity index (χ4v) is 0.981. The molecular formula is C9H12N4. The summed E-state index contributed by atoms with van der Waals surface area (Å²) in [7, 11) is 1.92. The molecule has 0 amide bonds. The Morgan fingerprint density at radius 1 is 1.54 bits per heavy atom. The van der Waals surface area contributed by atoms with Crippen LogP contribution < -0.4 is 4.90 Å². The molecule has 0 aliphatic heterocycles. The maximum absolute atomic E-state index is 8.41. The van der Waals surface area contributed by atoms with E-state index in [1.54, 1.807) is 0 Å². The molecular weight excluding hydrogens is 164 g/mol. The number of hydrogen-bond donors (Lipinski definition) is 0. The standard InChI is InChI=1S/C9H12N4/c1-8-6-9(12-7-11-8)13(2)5-3-4-10/h6-7H,3,5H2,1-2H3. The Labute approximate surface area is 77.8 Å². The van der Waals surface area contributed by atoms with Crippen LogP contribution in [0, 0.1) is 18.3 Å². The van der Waals surface area contributed by atoms with Crippen LogP contribution in [0.1, 0.15) is 12.1 Å². The van der Waals surface area contributed by atoms with Crippen molar-refractivity contribution in [2.75, 3.05) is 18.5 Å². The number of nitriles is 1. The highest BCUT2D eigenvalue weighted by molar-refractivity contribution is 5.37. The average molecular weight is 176 g/mol. The van der Waals surface area contributed by atoms with Gasteiger partial charge in [-0.05, 0) is 6.92 Å². The van der Waals surface area contributed by atoms with Gasteiger partial charge in [-0.15, -0.1) is 0 Å². The SMILES string of the molecule is Cc1cc(N(C)CCC#N)ncn1. The predicted molar refractivity (Wildman–Crippen MR) is 50.3 cm³/mol. The summed E-state index contributed by atoms with van der Waals surface area (Å²) < 4.78 is 0. The van der Waals surface area contributed by atoms with Crippen molar-refractivity contribution in [2.45, 2.75) is 13.3 Å². The predicted octanol–water partition coefficient (Wildman–Crippen LogP) is 1.13. The van der Waals surface area contributed by atoms with E-state index in [0.717, 1.165) is 11.5 Å². The number of aromatic nitrogens is 2. The first-order valence-electron chi connectivity index (χ1n) is 4.11. The van der Waals surface area contributed by atoms with Crippen molar-refractivity contribution in [1.82, 2.24) is 9.97 Å². The van der Waals surface area contributed by atoms with Crippen molar-refractivity contribution in [2.24, 2.45) is 0 Å². The van der Waals surface area contributed by atoms with E-state index < -0.39 is 0 Å². The molecule has 0 aliphatic rings. The molecule has 1 aromatic heterocycles. The van der Waals surface area contributed by atoms with Gasteiger partial charge in [0.25, 0.3) is 0 Å². The Hall–Kier alpha value is -1.63. The normalized spacial score (nSPS) is 9.31. The van der Waals surface area contributed by atoms with E-state index in [2.05, 4.69) is 16.0 Å². The Kier molecular flexibility index (Phi) is 3.21. The summed E-state index contributed by atoms with van der Waals surface area (Å²) in [5, 5.41) is 8.41. The van der Waals surface area contributed by atoms with E-state index in [1.165, 1.54) is 6.33 Å². The summed E-state index contributed by atoms with van der Waals surface area (Å²) in [6, 6.07) is 4.00. The Morgan fingerprint density at radius 2 is 2.31 bits per heavy atom.